The molecule has 4 heteroatoms. The van der Waals surface area contributed by atoms with Crippen molar-refractivity contribution in [2.24, 2.45) is 0 Å². The first kappa shape index (κ1) is 16.5. The number of carbonyl (C=O) groups is 1. The molecule has 2 aliphatic rings. The molecule has 0 N–H and O–H groups in total. The van der Waals surface area contributed by atoms with Crippen LogP contribution in [-0.4, -0.2) is 48.2 Å². The minimum Gasteiger partial charge on any atom is -0.462 e. The van der Waals surface area contributed by atoms with E-state index < -0.39 is 0 Å². The molecule has 2 aliphatic heterocycles. The maximum Gasteiger partial charge on any atom is 0.338 e. The molecule has 0 amide bonds. The SMILES string of the molecule is CCCCOC(=O)c1ccc(CN2CCCN3CCCC32)cc1. The van der Waals surface area contributed by atoms with Crippen molar-refractivity contribution in [3.05, 3.63) is 35.4 Å². The number of hydrogen-bond acceptors (Lipinski definition) is 4. The van der Waals surface area contributed by atoms with Crippen LogP contribution in [0.3, 0.4) is 0 Å². The van der Waals surface area contributed by atoms with Gasteiger partial charge in [0.05, 0.1) is 18.3 Å². The summed E-state index contributed by atoms with van der Waals surface area (Å²) in [6.07, 6.45) is 6.48. The predicted octanol–water partition coefficient (Wildman–Crippen LogP) is 3.27. The lowest BCUT2D eigenvalue weighted by atomic mass is 10.1. The highest BCUT2D eigenvalue weighted by atomic mass is 16.5. The molecule has 0 saturated carbocycles. The Bertz CT molecular complexity index is 515. The Balaban J connectivity index is 1.56. The Labute approximate surface area is 139 Å². The Morgan fingerprint density at radius 1 is 1.17 bits per heavy atom. The van der Waals surface area contributed by atoms with E-state index in [-0.39, 0.29) is 5.97 Å². The van der Waals surface area contributed by atoms with Gasteiger partial charge in [0.25, 0.3) is 0 Å². The Kier molecular flexibility index (Phi) is 5.68. The molecule has 2 saturated heterocycles. The summed E-state index contributed by atoms with van der Waals surface area (Å²) in [5, 5.41) is 0. The van der Waals surface area contributed by atoms with Gasteiger partial charge < -0.3 is 4.74 Å². The first-order chi connectivity index (χ1) is 11.3. The van der Waals surface area contributed by atoms with E-state index in [0.717, 1.165) is 19.4 Å². The fourth-order valence-electron chi connectivity index (χ4n) is 3.67. The van der Waals surface area contributed by atoms with Gasteiger partial charge in [-0.1, -0.05) is 25.5 Å². The topological polar surface area (TPSA) is 32.8 Å². The van der Waals surface area contributed by atoms with Crippen LogP contribution in [0.1, 0.15) is 54.9 Å². The van der Waals surface area contributed by atoms with Crippen molar-refractivity contribution in [1.82, 2.24) is 9.80 Å². The van der Waals surface area contributed by atoms with Gasteiger partial charge in [-0.05, 0) is 49.9 Å². The number of rotatable bonds is 6. The van der Waals surface area contributed by atoms with E-state index in [1.54, 1.807) is 0 Å². The molecule has 0 spiro atoms. The summed E-state index contributed by atoms with van der Waals surface area (Å²) in [7, 11) is 0. The standard InChI is InChI=1S/C19H28N2O2/c1-2-3-14-23-19(22)17-9-7-16(8-10-17)15-21-13-5-12-20-11-4-6-18(20)21/h7-10,18H,2-6,11-15H2,1H3. The van der Waals surface area contributed by atoms with Crippen LogP contribution < -0.4 is 0 Å². The number of benzene rings is 1. The average molecular weight is 316 g/mol. The Hall–Kier alpha value is -1.39. The quantitative estimate of drug-likeness (QED) is 0.596. The van der Waals surface area contributed by atoms with Crippen molar-refractivity contribution >= 4 is 5.97 Å². The lowest BCUT2D eigenvalue weighted by Crippen LogP contribution is -2.49. The van der Waals surface area contributed by atoms with Crippen LogP contribution in [0.2, 0.25) is 0 Å². The molecule has 0 radical (unpaired) electrons. The molecule has 1 aromatic rings. The highest BCUT2D eigenvalue weighted by Crippen LogP contribution is 2.26. The molecule has 1 atom stereocenters. The van der Waals surface area contributed by atoms with Gasteiger partial charge in [0.15, 0.2) is 0 Å². The Morgan fingerprint density at radius 2 is 1.96 bits per heavy atom. The van der Waals surface area contributed by atoms with Crippen molar-refractivity contribution in [2.75, 3.05) is 26.2 Å². The zero-order chi connectivity index (χ0) is 16.1. The smallest absolute Gasteiger partial charge is 0.338 e. The van der Waals surface area contributed by atoms with Crippen molar-refractivity contribution in [2.45, 2.75) is 51.7 Å². The van der Waals surface area contributed by atoms with E-state index in [2.05, 4.69) is 28.9 Å². The second-order valence-corrected chi connectivity index (χ2v) is 6.67. The minimum absolute atomic E-state index is 0.204. The van der Waals surface area contributed by atoms with Crippen LogP contribution in [-0.2, 0) is 11.3 Å². The normalized spacial score (nSPS) is 22.0. The van der Waals surface area contributed by atoms with Crippen LogP contribution in [0.15, 0.2) is 24.3 Å². The molecule has 0 aromatic heterocycles. The van der Waals surface area contributed by atoms with E-state index in [9.17, 15) is 4.79 Å². The third kappa shape index (κ3) is 4.12. The minimum atomic E-state index is -0.204. The molecule has 0 bridgehead atoms. The fourth-order valence-corrected chi connectivity index (χ4v) is 3.67. The predicted molar refractivity (Wildman–Crippen MR) is 91.3 cm³/mol. The summed E-state index contributed by atoms with van der Waals surface area (Å²) in [5.41, 5.74) is 1.94. The van der Waals surface area contributed by atoms with Crippen LogP contribution >= 0.6 is 0 Å². The van der Waals surface area contributed by atoms with E-state index >= 15 is 0 Å². The zero-order valence-corrected chi connectivity index (χ0v) is 14.2. The van der Waals surface area contributed by atoms with Gasteiger partial charge >= 0.3 is 5.97 Å². The molecular weight excluding hydrogens is 288 g/mol. The van der Waals surface area contributed by atoms with Crippen molar-refractivity contribution in [3.8, 4) is 0 Å². The highest BCUT2D eigenvalue weighted by molar-refractivity contribution is 5.89. The number of ether oxygens (including phenoxy) is 1. The molecule has 1 aromatic carbocycles. The fraction of sp³-hybridized carbons (Fsp3) is 0.632. The lowest BCUT2D eigenvalue weighted by Gasteiger charge is -2.40. The third-order valence-electron chi connectivity index (χ3n) is 4.95. The highest BCUT2D eigenvalue weighted by Gasteiger charge is 2.32. The van der Waals surface area contributed by atoms with Gasteiger partial charge in [-0.25, -0.2) is 4.79 Å². The van der Waals surface area contributed by atoms with E-state index in [1.807, 2.05) is 12.1 Å². The summed E-state index contributed by atoms with van der Waals surface area (Å²) in [5.74, 6) is -0.204. The maximum atomic E-state index is 11.9. The van der Waals surface area contributed by atoms with Crippen LogP contribution in [0, 0.1) is 0 Å². The second kappa shape index (κ2) is 7.93. The number of nitrogens with zero attached hydrogens (tertiary/aromatic N) is 2. The summed E-state index contributed by atoms with van der Waals surface area (Å²) < 4.78 is 5.26. The maximum absolute atomic E-state index is 11.9. The van der Waals surface area contributed by atoms with Gasteiger partial charge in [-0.3, -0.25) is 9.80 Å². The number of fused-ring (bicyclic) bond motifs is 1. The van der Waals surface area contributed by atoms with Crippen molar-refractivity contribution in [3.63, 3.8) is 0 Å². The second-order valence-electron chi connectivity index (χ2n) is 6.67. The number of unbranched alkanes of at least 4 members (excludes halogenated alkanes) is 1. The molecule has 2 heterocycles. The number of hydrogen-bond donors (Lipinski definition) is 0. The molecule has 3 rings (SSSR count). The molecule has 23 heavy (non-hydrogen) atoms. The van der Waals surface area contributed by atoms with Gasteiger partial charge in [0, 0.05) is 19.6 Å². The van der Waals surface area contributed by atoms with E-state index in [4.69, 9.17) is 4.74 Å². The van der Waals surface area contributed by atoms with Crippen molar-refractivity contribution in [1.29, 1.82) is 0 Å². The van der Waals surface area contributed by atoms with Crippen molar-refractivity contribution < 1.29 is 9.53 Å². The monoisotopic (exact) mass is 316 g/mol. The summed E-state index contributed by atoms with van der Waals surface area (Å²) in [6, 6.07) is 7.95. The first-order valence-electron chi connectivity index (χ1n) is 9.02. The van der Waals surface area contributed by atoms with E-state index in [1.165, 1.54) is 44.5 Å². The molecule has 2 fully saturated rings. The molecular formula is C19H28N2O2. The van der Waals surface area contributed by atoms with E-state index in [0.29, 0.717) is 18.3 Å². The van der Waals surface area contributed by atoms with Gasteiger partial charge in [-0.15, -0.1) is 0 Å². The summed E-state index contributed by atoms with van der Waals surface area (Å²) in [6.45, 7) is 7.28. The molecule has 0 aliphatic carbocycles. The third-order valence-corrected chi connectivity index (χ3v) is 4.95. The van der Waals surface area contributed by atoms with Crippen LogP contribution in [0.5, 0.6) is 0 Å². The summed E-state index contributed by atoms with van der Waals surface area (Å²) >= 11 is 0. The van der Waals surface area contributed by atoms with Gasteiger partial charge in [-0.2, -0.15) is 0 Å². The number of esters is 1. The average Bonchev–Trinajstić information content (AvgIpc) is 3.05. The molecule has 4 nitrogen and oxygen atoms in total. The van der Waals surface area contributed by atoms with Gasteiger partial charge in [0.1, 0.15) is 0 Å². The van der Waals surface area contributed by atoms with Crippen LogP contribution in [0.25, 0.3) is 0 Å². The largest absolute Gasteiger partial charge is 0.462 e. The lowest BCUT2D eigenvalue weighted by molar-refractivity contribution is 0.0286. The Morgan fingerprint density at radius 3 is 2.74 bits per heavy atom. The summed E-state index contributed by atoms with van der Waals surface area (Å²) in [4.78, 5) is 17.1. The van der Waals surface area contributed by atoms with Crippen LogP contribution in [0.4, 0.5) is 0 Å². The number of carbonyl (C=O) groups excluding carboxylic acids is 1. The first-order valence-corrected chi connectivity index (χ1v) is 9.02. The van der Waals surface area contributed by atoms with Gasteiger partial charge in [0.2, 0.25) is 0 Å². The zero-order valence-electron chi connectivity index (χ0n) is 14.2. The molecule has 126 valence electrons. The molecule has 1 unspecified atom stereocenters.